The van der Waals surface area contributed by atoms with E-state index in [1.165, 1.54) is 0 Å². The lowest BCUT2D eigenvalue weighted by Gasteiger charge is -2.31. The van der Waals surface area contributed by atoms with Crippen molar-refractivity contribution in [3.63, 3.8) is 0 Å². The van der Waals surface area contributed by atoms with Crippen molar-refractivity contribution >= 4 is 35.3 Å². The van der Waals surface area contributed by atoms with Crippen LogP contribution in [0.2, 0.25) is 5.28 Å². The highest BCUT2D eigenvalue weighted by Crippen LogP contribution is 2.29. The Bertz CT molecular complexity index is 468. The van der Waals surface area contributed by atoms with Crippen molar-refractivity contribution in [2.75, 3.05) is 29.2 Å². The third-order valence-electron chi connectivity index (χ3n) is 2.74. The van der Waals surface area contributed by atoms with Crippen molar-refractivity contribution in [1.29, 1.82) is 5.26 Å². The summed E-state index contributed by atoms with van der Waals surface area (Å²) in [4.78, 5) is 12.1. The minimum Gasteiger partial charge on any atom is -0.357 e. The van der Waals surface area contributed by atoms with Gasteiger partial charge in [0.25, 0.3) is 0 Å². The van der Waals surface area contributed by atoms with Gasteiger partial charge in [0.05, 0.1) is 6.07 Å². The second-order valence-electron chi connectivity index (χ2n) is 3.93. The number of thioether (sulfide) groups is 1. The van der Waals surface area contributed by atoms with E-state index in [1.54, 1.807) is 7.05 Å². The maximum absolute atomic E-state index is 9.36. The van der Waals surface area contributed by atoms with E-state index in [0.29, 0.717) is 11.9 Å². The van der Waals surface area contributed by atoms with E-state index in [4.69, 9.17) is 11.6 Å². The summed E-state index contributed by atoms with van der Waals surface area (Å²) in [6.45, 7) is 0. The van der Waals surface area contributed by atoms with Crippen molar-refractivity contribution in [1.82, 2.24) is 15.0 Å². The van der Waals surface area contributed by atoms with Gasteiger partial charge in [0, 0.05) is 7.05 Å². The smallest absolute Gasteiger partial charge is 0.230 e. The van der Waals surface area contributed by atoms with Crippen LogP contribution in [0, 0.1) is 11.3 Å². The standard InChI is InChI=1S/C10H13ClN6S/c1-13-8-14-7(11)15-9(16-8)17-10(6-12)2-4-18-5-3-10/h2-5H2,1H3,(H2,13,14,15,16,17). The molecule has 0 amide bonds. The summed E-state index contributed by atoms with van der Waals surface area (Å²) < 4.78 is 0. The maximum Gasteiger partial charge on any atom is 0.230 e. The van der Waals surface area contributed by atoms with Crippen molar-refractivity contribution in [2.24, 2.45) is 0 Å². The Labute approximate surface area is 115 Å². The number of hydrogen-bond acceptors (Lipinski definition) is 7. The molecule has 1 aromatic rings. The Morgan fingerprint density at radius 1 is 1.28 bits per heavy atom. The molecule has 6 nitrogen and oxygen atoms in total. The number of aromatic nitrogens is 3. The van der Waals surface area contributed by atoms with Crippen LogP contribution in [0.3, 0.4) is 0 Å². The number of halogens is 1. The van der Waals surface area contributed by atoms with Crippen LogP contribution in [0.5, 0.6) is 0 Å². The molecule has 0 radical (unpaired) electrons. The summed E-state index contributed by atoms with van der Waals surface area (Å²) in [5.74, 6) is 2.64. The molecule has 1 aromatic heterocycles. The highest BCUT2D eigenvalue weighted by Gasteiger charge is 2.33. The zero-order valence-corrected chi connectivity index (χ0v) is 11.5. The molecule has 0 spiro atoms. The van der Waals surface area contributed by atoms with Crippen molar-refractivity contribution < 1.29 is 0 Å². The minimum atomic E-state index is -0.596. The topological polar surface area (TPSA) is 86.5 Å². The van der Waals surface area contributed by atoms with E-state index < -0.39 is 5.54 Å². The van der Waals surface area contributed by atoms with Crippen LogP contribution >= 0.6 is 23.4 Å². The number of nitrogens with one attached hydrogen (secondary N) is 2. The average Bonchev–Trinajstić information content (AvgIpc) is 2.39. The molecule has 0 saturated carbocycles. The zero-order chi connectivity index (χ0) is 13.0. The van der Waals surface area contributed by atoms with Gasteiger partial charge in [-0.15, -0.1) is 0 Å². The Morgan fingerprint density at radius 3 is 2.56 bits per heavy atom. The molecule has 0 unspecified atom stereocenters. The van der Waals surface area contributed by atoms with Gasteiger partial charge in [-0.25, -0.2) is 0 Å². The van der Waals surface area contributed by atoms with Crippen LogP contribution in [0.25, 0.3) is 0 Å². The molecule has 2 N–H and O–H groups in total. The van der Waals surface area contributed by atoms with Crippen LogP contribution in [-0.2, 0) is 0 Å². The van der Waals surface area contributed by atoms with Crippen molar-refractivity contribution in [2.45, 2.75) is 18.4 Å². The molecule has 2 heterocycles. The summed E-state index contributed by atoms with van der Waals surface area (Å²) >= 11 is 7.66. The van der Waals surface area contributed by atoms with E-state index in [2.05, 4.69) is 31.7 Å². The molecule has 18 heavy (non-hydrogen) atoms. The van der Waals surface area contributed by atoms with E-state index in [-0.39, 0.29) is 5.28 Å². The summed E-state index contributed by atoms with van der Waals surface area (Å²) in [5.41, 5.74) is -0.596. The van der Waals surface area contributed by atoms with Crippen molar-refractivity contribution in [3.8, 4) is 6.07 Å². The SMILES string of the molecule is CNc1nc(Cl)nc(NC2(C#N)CCSCC2)n1. The van der Waals surface area contributed by atoms with E-state index in [1.807, 2.05) is 11.8 Å². The fourth-order valence-electron chi connectivity index (χ4n) is 1.72. The van der Waals surface area contributed by atoms with Crippen LogP contribution in [-0.4, -0.2) is 39.0 Å². The van der Waals surface area contributed by atoms with Crippen LogP contribution in [0.4, 0.5) is 11.9 Å². The third-order valence-corrected chi connectivity index (χ3v) is 3.90. The molecule has 1 aliphatic heterocycles. The minimum absolute atomic E-state index is 0.107. The second-order valence-corrected chi connectivity index (χ2v) is 5.50. The van der Waals surface area contributed by atoms with E-state index in [9.17, 15) is 5.26 Å². The molecule has 1 aliphatic rings. The monoisotopic (exact) mass is 284 g/mol. The first-order chi connectivity index (χ1) is 8.67. The van der Waals surface area contributed by atoms with Crippen molar-refractivity contribution in [3.05, 3.63) is 5.28 Å². The van der Waals surface area contributed by atoms with Gasteiger partial charge in [-0.05, 0) is 35.9 Å². The quantitative estimate of drug-likeness (QED) is 0.874. The molecule has 0 aromatic carbocycles. The predicted molar refractivity (Wildman–Crippen MR) is 72.9 cm³/mol. The Morgan fingerprint density at radius 2 is 1.94 bits per heavy atom. The van der Waals surface area contributed by atoms with E-state index in [0.717, 1.165) is 24.3 Å². The largest absolute Gasteiger partial charge is 0.357 e. The number of nitriles is 1. The lowest BCUT2D eigenvalue weighted by molar-refractivity contribution is 0.540. The molecule has 0 atom stereocenters. The predicted octanol–water partition coefficient (Wildman–Crippen LogP) is 1.77. The van der Waals surface area contributed by atoms with Gasteiger partial charge in [0.2, 0.25) is 17.2 Å². The highest BCUT2D eigenvalue weighted by molar-refractivity contribution is 7.99. The number of hydrogen-bond donors (Lipinski definition) is 2. The van der Waals surface area contributed by atoms with Crippen LogP contribution in [0.15, 0.2) is 0 Å². The lowest BCUT2D eigenvalue weighted by atomic mass is 9.94. The third kappa shape index (κ3) is 2.94. The Balaban J connectivity index is 2.21. The molecule has 0 bridgehead atoms. The number of rotatable bonds is 3. The lowest BCUT2D eigenvalue weighted by Crippen LogP contribution is -2.41. The summed E-state index contributed by atoms with van der Waals surface area (Å²) in [6.07, 6.45) is 1.54. The van der Waals surface area contributed by atoms with Crippen LogP contribution < -0.4 is 10.6 Å². The molecule has 1 fully saturated rings. The fourth-order valence-corrected chi connectivity index (χ4v) is 3.07. The van der Waals surface area contributed by atoms with Crippen LogP contribution in [0.1, 0.15) is 12.8 Å². The molecule has 2 rings (SSSR count). The molecule has 8 heteroatoms. The molecule has 0 aliphatic carbocycles. The number of nitrogens with zero attached hydrogens (tertiary/aromatic N) is 4. The maximum atomic E-state index is 9.36. The van der Waals surface area contributed by atoms with Gasteiger partial charge in [-0.1, -0.05) is 0 Å². The Kier molecular flexibility index (Phi) is 4.09. The zero-order valence-electron chi connectivity index (χ0n) is 9.90. The fraction of sp³-hybridized carbons (Fsp3) is 0.600. The summed E-state index contributed by atoms with van der Waals surface area (Å²) in [7, 11) is 1.70. The molecular weight excluding hydrogens is 272 g/mol. The highest BCUT2D eigenvalue weighted by atomic mass is 35.5. The average molecular weight is 285 g/mol. The van der Waals surface area contributed by atoms with E-state index >= 15 is 0 Å². The van der Waals surface area contributed by atoms with Gasteiger partial charge in [0.1, 0.15) is 5.54 Å². The molecular formula is C10H13ClN6S. The van der Waals surface area contributed by atoms with Gasteiger partial charge in [-0.3, -0.25) is 0 Å². The Hall–Kier alpha value is -1.26. The first-order valence-electron chi connectivity index (χ1n) is 5.54. The second kappa shape index (κ2) is 5.59. The normalized spacial score (nSPS) is 17.8. The number of anilines is 2. The molecule has 96 valence electrons. The summed E-state index contributed by atoms with van der Waals surface area (Å²) in [5, 5.41) is 15.4. The molecule has 1 saturated heterocycles. The van der Waals surface area contributed by atoms with Gasteiger partial charge >= 0.3 is 0 Å². The van der Waals surface area contributed by atoms with Gasteiger partial charge in [0.15, 0.2) is 0 Å². The first-order valence-corrected chi connectivity index (χ1v) is 7.07. The van der Waals surface area contributed by atoms with Gasteiger partial charge < -0.3 is 10.6 Å². The summed E-state index contributed by atoms with van der Waals surface area (Å²) in [6, 6.07) is 2.33. The first kappa shape index (κ1) is 13.2. The van der Waals surface area contributed by atoms with Gasteiger partial charge in [-0.2, -0.15) is 32.0 Å².